The van der Waals surface area contributed by atoms with Crippen molar-refractivity contribution in [2.45, 2.75) is 6.92 Å². The molecule has 1 saturated heterocycles. The number of urea groups is 1. The summed E-state index contributed by atoms with van der Waals surface area (Å²) in [5.74, 6) is 1.59. The van der Waals surface area contributed by atoms with Gasteiger partial charge in [-0.25, -0.2) is 9.69 Å². The van der Waals surface area contributed by atoms with Crippen LogP contribution in [0.25, 0.3) is 6.08 Å². The third-order valence-corrected chi connectivity index (χ3v) is 4.80. The zero-order valence-corrected chi connectivity index (χ0v) is 16.9. The van der Waals surface area contributed by atoms with E-state index in [1.54, 1.807) is 43.3 Å². The van der Waals surface area contributed by atoms with Gasteiger partial charge >= 0.3 is 6.03 Å². The van der Waals surface area contributed by atoms with Gasteiger partial charge in [0.2, 0.25) is 0 Å². The molecule has 1 N–H and O–H groups in total. The van der Waals surface area contributed by atoms with Crippen LogP contribution in [-0.4, -0.2) is 31.6 Å². The van der Waals surface area contributed by atoms with Gasteiger partial charge in [0, 0.05) is 5.02 Å². The van der Waals surface area contributed by atoms with E-state index in [1.165, 1.54) is 13.2 Å². The predicted molar refractivity (Wildman–Crippen MR) is 113 cm³/mol. The van der Waals surface area contributed by atoms with Gasteiger partial charge < -0.3 is 9.47 Å². The number of carbonyl (C=O) groups is 3. The number of amides is 4. The smallest absolute Gasteiger partial charge is 0.335 e. The average Bonchev–Trinajstić information content (AvgIpc) is 2.72. The lowest BCUT2D eigenvalue weighted by Crippen LogP contribution is -2.54. The molecule has 0 atom stereocenters. The number of hydrogen-bond donors (Lipinski definition) is 1. The van der Waals surface area contributed by atoms with Gasteiger partial charge in [-0.1, -0.05) is 29.7 Å². The van der Waals surface area contributed by atoms with Gasteiger partial charge in [-0.15, -0.1) is 6.42 Å². The SMILES string of the molecule is C#CCOc1ccc(/C=C2\C(=O)NC(=O)N(c3cccc(Cl)c3C)C2=O)cc1OC. The topological polar surface area (TPSA) is 84.9 Å². The van der Waals surface area contributed by atoms with E-state index in [9.17, 15) is 14.4 Å². The summed E-state index contributed by atoms with van der Waals surface area (Å²) in [6.45, 7) is 1.74. The molecule has 3 rings (SSSR count). The second-order valence-corrected chi connectivity index (χ2v) is 6.65. The summed E-state index contributed by atoms with van der Waals surface area (Å²) in [5.41, 5.74) is 1.11. The summed E-state index contributed by atoms with van der Waals surface area (Å²) in [6, 6.07) is 8.82. The van der Waals surface area contributed by atoms with Crippen LogP contribution >= 0.6 is 11.6 Å². The lowest BCUT2D eigenvalue weighted by molar-refractivity contribution is -0.122. The Hall–Kier alpha value is -3.76. The molecule has 4 amide bonds. The van der Waals surface area contributed by atoms with Crippen molar-refractivity contribution in [3.05, 3.63) is 58.1 Å². The summed E-state index contributed by atoms with van der Waals surface area (Å²) in [4.78, 5) is 38.6. The van der Waals surface area contributed by atoms with Crippen LogP contribution in [0.2, 0.25) is 5.02 Å². The van der Waals surface area contributed by atoms with E-state index in [2.05, 4.69) is 11.2 Å². The lowest BCUT2D eigenvalue weighted by atomic mass is 10.1. The van der Waals surface area contributed by atoms with Crippen molar-refractivity contribution in [1.29, 1.82) is 0 Å². The number of benzene rings is 2. The van der Waals surface area contributed by atoms with Crippen LogP contribution in [0.4, 0.5) is 10.5 Å². The van der Waals surface area contributed by atoms with Crippen molar-refractivity contribution in [3.63, 3.8) is 0 Å². The number of terminal acetylenes is 1. The third kappa shape index (κ3) is 4.00. The number of halogens is 1. The van der Waals surface area contributed by atoms with E-state index in [4.69, 9.17) is 27.5 Å². The van der Waals surface area contributed by atoms with Crippen LogP contribution < -0.4 is 19.7 Å². The van der Waals surface area contributed by atoms with Crippen LogP contribution in [0.15, 0.2) is 42.0 Å². The third-order valence-electron chi connectivity index (χ3n) is 4.39. The van der Waals surface area contributed by atoms with Gasteiger partial charge in [0.1, 0.15) is 12.2 Å². The number of nitrogens with zero attached hydrogens (tertiary/aromatic N) is 1. The molecule has 8 heteroatoms. The van der Waals surface area contributed by atoms with E-state index < -0.39 is 17.8 Å². The monoisotopic (exact) mass is 424 g/mol. The van der Waals surface area contributed by atoms with E-state index in [-0.39, 0.29) is 12.2 Å². The molecule has 0 radical (unpaired) electrons. The molecule has 2 aromatic rings. The number of imide groups is 2. The van der Waals surface area contributed by atoms with E-state index in [0.29, 0.717) is 33.3 Å². The highest BCUT2D eigenvalue weighted by Crippen LogP contribution is 2.31. The van der Waals surface area contributed by atoms with Gasteiger partial charge in [-0.3, -0.25) is 14.9 Å². The zero-order valence-electron chi connectivity index (χ0n) is 16.2. The summed E-state index contributed by atoms with van der Waals surface area (Å²) >= 11 is 6.12. The Morgan fingerprint density at radius 1 is 1.20 bits per heavy atom. The summed E-state index contributed by atoms with van der Waals surface area (Å²) < 4.78 is 10.7. The summed E-state index contributed by atoms with van der Waals surface area (Å²) in [7, 11) is 1.45. The second kappa shape index (κ2) is 8.72. The van der Waals surface area contributed by atoms with Gasteiger partial charge in [-0.2, -0.15) is 0 Å². The molecule has 0 aromatic heterocycles. The van der Waals surface area contributed by atoms with Crippen LogP contribution in [-0.2, 0) is 9.59 Å². The van der Waals surface area contributed by atoms with Crippen LogP contribution in [0, 0.1) is 19.3 Å². The number of ether oxygens (including phenoxy) is 2. The fourth-order valence-electron chi connectivity index (χ4n) is 2.89. The van der Waals surface area contributed by atoms with Crippen molar-refractivity contribution in [3.8, 4) is 23.8 Å². The molecule has 7 nitrogen and oxygen atoms in total. The van der Waals surface area contributed by atoms with Crippen LogP contribution in [0.5, 0.6) is 11.5 Å². The maximum atomic E-state index is 13.0. The Labute approximate surface area is 178 Å². The van der Waals surface area contributed by atoms with Crippen molar-refractivity contribution in [1.82, 2.24) is 5.32 Å². The summed E-state index contributed by atoms with van der Waals surface area (Å²) in [6.07, 6.45) is 6.56. The number of barbiturate groups is 1. The zero-order chi connectivity index (χ0) is 21.8. The van der Waals surface area contributed by atoms with Crippen molar-refractivity contribution >= 4 is 41.2 Å². The van der Waals surface area contributed by atoms with Gasteiger partial charge in [0.15, 0.2) is 11.5 Å². The number of nitrogens with one attached hydrogen (secondary N) is 1. The number of anilines is 1. The molecule has 30 heavy (non-hydrogen) atoms. The van der Waals surface area contributed by atoms with Gasteiger partial charge in [-0.05, 0) is 48.4 Å². The number of carbonyl (C=O) groups excluding carboxylic acids is 3. The van der Waals surface area contributed by atoms with Gasteiger partial charge in [0.05, 0.1) is 12.8 Å². The molecule has 0 spiro atoms. The molecule has 1 aliphatic heterocycles. The quantitative estimate of drug-likeness (QED) is 0.452. The molecule has 1 heterocycles. The predicted octanol–water partition coefficient (Wildman–Crippen LogP) is 3.34. The molecule has 0 aliphatic carbocycles. The van der Waals surface area contributed by atoms with E-state index >= 15 is 0 Å². The first-order valence-corrected chi connectivity index (χ1v) is 9.16. The highest BCUT2D eigenvalue weighted by atomic mass is 35.5. The molecule has 2 aromatic carbocycles. The Morgan fingerprint density at radius 3 is 2.67 bits per heavy atom. The van der Waals surface area contributed by atoms with Crippen molar-refractivity contribution in [2.75, 3.05) is 18.6 Å². The average molecular weight is 425 g/mol. The largest absolute Gasteiger partial charge is 0.493 e. The Bertz CT molecular complexity index is 1120. The molecular formula is C22H17ClN2O5. The maximum absolute atomic E-state index is 13.0. The molecule has 0 saturated carbocycles. The Balaban J connectivity index is 2.01. The highest BCUT2D eigenvalue weighted by molar-refractivity contribution is 6.39. The number of methoxy groups -OCH3 is 1. The lowest BCUT2D eigenvalue weighted by Gasteiger charge is -2.27. The van der Waals surface area contributed by atoms with E-state index in [0.717, 1.165) is 4.90 Å². The Kier molecular flexibility index (Phi) is 6.09. The molecule has 1 fully saturated rings. The molecule has 1 aliphatic rings. The summed E-state index contributed by atoms with van der Waals surface area (Å²) in [5, 5.41) is 2.57. The van der Waals surface area contributed by atoms with Crippen molar-refractivity contribution < 1.29 is 23.9 Å². The Morgan fingerprint density at radius 2 is 1.97 bits per heavy atom. The second-order valence-electron chi connectivity index (χ2n) is 6.24. The number of hydrogen-bond acceptors (Lipinski definition) is 5. The molecule has 0 bridgehead atoms. The fraction of sp³-hybridized carbons (Fsp3) is 0.136. The molecule has 0 unspecified atom stereocenters. The minimum absolute atomic E-state index is 0.0632. The maximum Gasteiger partial charge on any atom is 0.335 e. The standard InChI is InChI=1S/C22H17ClN2O5/c1-4-10-30-18-9-8-14(12-19(18)29-3)11-15-20(26)24-22(28)25(21(15)27)17-7-5-6-16(23)13(17)2/h1,5-9,11-12H,10H2,2-3H3,(H,24,26,28)/b15-11+. The first-order chi connectivity index (χ1) is 14.4. The van der Waals surface area contributed by atoms with Crippen LogP contribution in [0.3, 0.4) is 0 Å². The fourth-order valence-corrected chi connectivity index (χ4v) is 3.06. The highest BCUT2D eigenvalue weighted by Gasteiger charge is 2.37. The normalized spacial score (nSPS) is 15.1. The minimum Gasteiger partial charge on any atom is -0.493 e. The van der Waals surface area contributed by atoms with Gasteiger partial charge in [0.25, 0.3) is 11.8 Å². The first kappa shape index (κ1) is 21.0. The first-order valence-electron chi connectivity index (χ1n) is 8.78. The van der Waals surface area contributed by atoms with Crippen molar-refractivity contribution in [2.24, 2.45) is 0 Å². The van der Waals surface area contributed by atoms with E-state index in [1.807, 2.05) is 0 Å². The molecule has 152 valence electrons. The number of rotatable bonds is 5. The minimum atomic E-state index is -0.844. The van der Waals surface area contributed by atoms with Crippen LogP contribution in [0.1, 0.15) is 11.1 Å². The molecular weight excluding hydrogens is 408 g/mol.